The Kier molecular flexibility index (Phi) is 5.07. The van der Waals surface area contributed by atoms with Crippen molar-refractivity contribution in [3.05, 3.63) is 72.8 Å². The summed E-state index contributed by atoms with van der Waals surface area (Å²) in [6.07, 6.45) is 0. The Hall–Kier alpha value is -2.86. The number of hydrazine groups is 2. The predicted octanol–water partition coefficient (Wildman–Crippen LogP) is 4.28. The van der Waals surface area contributed by atoms with Crippen LogP contribution in [0.3, 0.4) is 0 Å². The van der Waals surface area contributed by atoms with E-state index in [0.717, 1.165) is 13.1 Å². The van der Waals surface area contributed by atoms with Gasteiger partial charge in [0.1, 0.15) is 0 Å². The molecule has 0 aliphatic rings. The van der Waals surface area contributed by atoms with Gasteiger partial charge in [0, 0.05) is 61.8 Å². The van der Waals surface area contributed by atoms with Gasteiger partial charge < -0.3 is 9.88 Å². The smallest absolute Gasteiger partial charge is 0.0466 e. The minimum atomic E-state index is 0. The van der Waals surface area contributed by atoms with Gasteiger partial charge in [-0.25, -0.2) is 10.9 Å². The van der Waals surface area contributed by atoms with E-state index in [-0.39, 0.29) is 1.43 Å². The molecule has 140 valence electrons. The molecule has 5 heteroatoms. The molecule has 0 unspecified atom stereocenters. The van der Waals surface area contributed by atoms with Crippen molar-refractivity contribution in [3.8, 4) is 0 Å². The summed E-state index contributed by atoms with van der Waals surface area (Å²) >= 11 is 0. The first kappa shape index (κ1) is 17.5. The van der Waals surface area contributed by atoms with Crippen LogP contribution in [0.25, 0.3) is 21.8 Å². The summed E-state index contributed by atoms with van der Waals surface area (Å²) in [7, 11) is 3.86. The minimum absolute atomic E-state index is 0. The average molecular weight is 361 g/mol. The molecule has 0 atom stereocenters. The third-order valence-electron chi connectivity index (χ3n) is 4.89. The fraction of sp³-hybridized carbons (Fsp3) is 0.182. The lowest BCUT2D eigenvalue weighted by molar-refractivity contribution is 0.175. The number of aromatic amines is 1. The van der Waals surface area contributed by atoms with Crippen LogP contribution in [0.15, 0.2) is 72.8 Å². The van der Waals surface area contributed by atoms with E-state index in [4.69, 9.17) is 0 Å². The Morgan fingerprint density at radius 1 is 0.852 bits per heavy atom. The molecule has 0 amide bonds. The summed E-state index contributed by atoms with van der Waals surface area (Å²) in [4.78, 5) is 5.85. The van der Waals surface area contributed by atoms with Crippen LogP contribution in [-0.2, 0) is 0 Å². The van der Waals surface area contributed by atoms with Crippen molar-refractivity contribution in [1.29, 1.82) is 0 Å². The maximum atomic E-state index is 3.50. The van der Waals surface area contributed by atoms with Gasteiger partial charge in [-0.3, -0.25) is 0 Å². The zero-order valence-electron chi connectivity index (χ0n) is 15.7. The van der Waals surface area contributed by atoms with Crippen LogP contribution in [0.5, 0.6) is 0 Å². The first-order valence-corrected chi connectivity index (χ1v) is 9.24. The van der Waals surface area contributed by atoms with E-state index in [9.17, 15) is 0 Å². The van der Waals surface area contributed by atoms with Gasteiger partial charge in [0.25, 0.3) is 0 Å². The van der Waals surface area contributed by atoms with Gasteiger partial charge in [-0.05, 0) is 36.4 Å². The lowest BCUT2D eigenvalue weighted by Gasteiger charge is -2.27. The van der Waals surface area contributed by atoms with E-state index in [2.05, 4.69) is 93.5 Å². The highest BCUT2D eigenvalue weighted by Gasteiger charge is 2.12. The van der Waals surface area contributed by atoms with Crippen molar-refractivity contribution in [2.45, 2.75) is 0 Å². The quantitative estimate of drug-likeness (QED) is 0.430. The van der Waals surface area contributed by atoms with Gasteiger partial charge in [0.05, 0.1) is 0 Å². The third-order valence-corrected chi connectivity index (χ3v) is 4.89. The Bertz CT molecular complexity index is 1030. The number of aromatic nitrogens is 1. The monoisotopic (exact) mass is 361 g/mol. The molecule has 0 aliphatic heterocycles. The van der Waals surface area contributed by atoms with Gasteiger partial charge in [-0.15, -0.1) is 0 Å². The van der Waals surface area contributed by atoms with E-state index in [1.807, 2.05) is 19.2 Å². The lowest BCUT2D eigenvalue weighted by Crippen LogP contribution is -2.45. The number of benzene rings is 3. The predicted molar refractivity (Wildman–Crippen MR) is 116 cm³/mol. The van der Waals surface area contributed by atoms with E-state index in [1.54, 1.807) is 0 Å². The number of rotatable bonds is 7. The highest BCUT2D eigenvalue weighted by Crippen LogP contribution is 2.32. The summed E-state index contributed by atoms with van der Waals surface area (Å²) in [6.45, 7) is 1.67. The molecule has 4 aromatic rings. The highest BCUT2D eigenvalue weighted by atomic mass is 15.7. The van der Waals surface area contributed by atoms with Gasteiger partial charge in [-0.1, -0.05) is 36.4 Å². The largest absolute Gasteiger partial charge is 0.355 e. The zero-order valence-corrected chi connectivity index (χ0v) is 15.7. The Morgan fingerprint density at radius 3 is 2.41 bits per heavy atom. The molecule has 1 aromatic heterocycles. The molecule has 0 bridgehead atoms. The standard InChI is InChI=1S/C22H25N5.H2/c1-23-26(2)24-14-15-27(17-8-4-3-5-9-17)18-12-13-22-20(16-18)19-10-6-7-11-21(19)25-22;/h3-13,16,23-25H,14-15H2,1-2H3;1H. The van der Waals surface area contributed by atoms with E-state index in [0.29, 0.717) is 0 Å². The molecule has 27 heavy (non-hydrogen) atoms. The third kappa shape index (κ3) is 3.66. The highest BCUT2D eigenvalue weighted by molar-refractivity contribution is 6.08. The molecule has 5 nitrogen and oxygen atoms in total. The Labute approximate surface area is 161 Å². The average Bonchev–Trinajstić information content (AvgIpc) is 3.09. The number of nitrogens with one attached hydrogen (secondary N) is 3. The minimum Gasteiger partial charge on any atom is -0.355 e. The number of nitrogens with zero attached hydrogens (tertiary/aromatic N) is 2. The second-order valence-corrected chi connectivity index (χ2v) is 6.58. The van der Waals surface area contributed by atoms with Crippen molar-refractivity contribution in [2.24, 2.45) is 0 Å². The number of fused-ring (bicyclic) bond motifs is 3. The number of anilines is 2. The molecule has 0 radical (unpaired) electrons. The van der Waals surface area contributed by atoms with Crippen molar-refractivity contribution in [1.82, 2.24) is 21.0 Å². The molecular formula is C22H27N5. The fourth-order valence-corrected chi connectivity index (χ4v) is 3.43. The number of hydrogen-bond acceptors (Lipinski definition) is 4. The molecule has 1 heterocycles. The Balaban J connectivity index is 0.00000225. The number of hydrogen-bond donors (Lipinski definition) is 3. The molecule has 0 aliphatic carbocycles. The van der Waals surface area contributed by atoms with Gasteiger partial charge in [0.2, 0.25) is 0 Å². The molecular weight excluding hydrogens is 334 g/mol. The van der Waals surface area contributed by atoms with Crippen LogP contribution < -0.4 is 15.8 Å². The van der Waals surface area contributed by atoms with Gasteiger partial charge in [-0.2, -0.15) is 5.12 Å². The second-order valence-electron chi connectivity index (χ2n) is 6.58. The van der Waals surface area contributed by atoms with Crippen molar-refractivity contribution in [2.75, 3.05) is 32.1 Å². The van der Waals surface area contributed by atoms with Crippen LogP contribution in [0.1, 0.15) is 1.43 Å². The molecule has 3 N–H and O–H groups in total. The van der Waals surface area contributed by atoms with Crippen molar-refractivity contribution in [3.63, 3.8) is 0 Å². The van der Waals surface area contributed by atoms with Crippen molar-refractivity contribution >= 4 is 33.2 Å². The first-order chi connectivity index (χ1) is 13.3. The van der Waals surface area contributed by atoms with Crippen molar-refractivity contribution < 1.29 is 1.43 Å². The van der Waals surface area contributed by atoms with Gasteiger partial charge in [0.15, 0.2) is 0 Å². The summed E-state index contributed by atoms with van der Waals surface area (Å²) < 4.78 is 0. The molecule has 3 aromatic carbocycles. The summed E-state index contributed by atoms with van der Waals surface area (Å²) in [6, 6.07) is 25.6. The van der Waals surface area contributed by atoms with Crippen LogP contribution in [0.4, 0.5) is 11.4 Å². The molecule has 4 rings (SSSR count). The maximum Gasteiger partial charge on any atom is 0.0466 e. The van der Waals surface area contributed by atoms with Crippen LogP contribution in [0.2, 0.25) is 0 Å². The topological polar surface area (TPSA) is 46.3 Å². The summed E-state index contributed by atoms with van der Waals surface area (Å²) in [5, 5.41) is 4.38. The molecule has 0 spiro atoms. The summed E-state index contributed by atoms with van der Waals surface area (Å²) in [5.41, 5.74) is 11.1. The molecule has 0 saturated heterocycles. The van der Waals surface area contributed by atoms with E-state index >= 15 is 0 Å². The first-order valence-electron chi connectivity index (χ1n) is 9.24. The SMILES string of the molecule is CNN(C)NCCN(c1ccccc1)c1ccc2[nH]c3ccccc3c2c1.[HH]. The zero-order chi connectivity index (χ0) is 18.6. The van der Waals surface area contributed by atoms with Crippen LogP contribution in [-0.4, -0.2) is 37.3 Å². The van der Waals surface area contributed by atoms with Crippen LogP contribution >= 0.6 is 0 Å². The number of para-hydroxylation sites is 2. The summed E-state index contributed by atoms with van der Waals surface area (Å²) in [5.74, 6) is 0. The normalized spacial score (nSPS) is 11.5. The van der Waals surface area contributed by atoms with Crippen LogP contribution in [0, 0.1) is 0 Å². The number of H-pyrrole nitrogens is 1. The molecule has 0 fully saturated rings. The maximum absolute atomic E-state index is 3.50. The second kappa shape index (κ2) is 7.80. The lowest BCUT2D eigenvalue weighted by atomic mass is 10.1. The van der Waals surface area contributed by atoms with E-state index in [1.165, 1.54) is 33.2 Å². The Morgan fingerprint density at radius 2 is 1.59 bits per heavy atom. The molecule has 0 saturated carbocycles. The fourth-order valence-electron chi connectivity index (χ4n) is 3.43. The van der Waals surface area contributed by atoms with Gasteiger partial charge >= 0.3 is 0 Å². The van der Waals surface area contributed by atoms with E-state index < -0.39 is 0 Å².